The molecule has 3 rings (SSSR count). The Morgan fingerprint density at radius 2 is 1.85 bits per heavy atom. The van der Waals surface area contributed by atoms with Gasteiger partial charge < -0.3 is 19.1 Å². The average molecular weight is 358 g/mol. The van der Waals surface area contributed by atoms with Gasteiger partial charge in [-0.1, -0.05) is 0 Å². The predicted octanol–water partition coefficient (Wildman–Crippen LogP) is 2.81. The van der Waals surface area contributed by atoms with E-state index < -0.39 is 0 Å². The summed E-state index contributed by atoms with van der Waals surface area (Å²) < 4.78 is 11.2. The summed E-state index contributed by atoms with van der Waals surface area (Å²) in [7, 11) is 3.73. The van der Waals surface area contributed by atoms with Crippen molar-refractivity contribution < 1.29 is 14.1 Å². The molecule has 1 aromatic heterocycles. The van der Waals surface area contributed by atoms with Crippen LogP contribution in [0.5, 0.6) is 5.75 Å². The molecular weight excluding hydrogens is 332 g/mol. The average Bonchev–Trinajstić information content (AvgIpc) is 3.12. The summed E-state index contributed by atoms with van der Waals surface area (Å²) >= 11 is 0. The molecule has 7 nitrogen and oxygen atoms in total. The first-order valence-electron chi connectivity index (χ1n) is 8.99. The van der Waals surface area contributed by atoms with Crippen molar-refractivity contribution >= 4 is 11.9 Å². The molecule has 26 heavy (non-hydrogen) atoms. The molecule has 2 aromatic rings. The quantitative estimate of drug-likeness (QED) is 0.818. The van der Waals surface area contributed by atoms with E-state index in [1.165, 1.54) is 6.42 Å². The van der Waals surface area contributed by atoms with Crippen LogP contribution in [0.25, 0.3) is 11.5 Å². The van der Waals surface area contributed by atoms with Crippen LogP contribution in [0, 0.1) is 13.8 Å². The first kappa shape index (κ1) is 18.2. The lowest BCUT2D eigenvalue weighted by molar-refractivity contribution is -0.134. The predicted molar refractivity (Wildman–Crippen MR) is 99.5 cm³/mol. The molecule has 0 atom stereocenters. The van der Waals surface area contributed by atoms with Gasteiger partial charge in [-0.15, -0.1) is 0 Å². The summed E-state index contributed by atoms with van der Waals surface area (Å²) in [6.07, 6.45) is 3.37. The lowest BCUT2D eigenvalue weighted by Gasteiger charge is -2.26. The number of amides is 1. The number of likely N-dealkylation sites (tertiary alicyclic amines) is 1. The van der Waals surface area contributed by atoms with Crippen LogP contribution < -0.4 is 9.64 Å². The number of aromatic nitrogens is 2. The van der Waals surface area contributed by atoms with Crippen molar-refractivity contribution in [1.82, 2.24) is 15.0 Å². The molecule has 1 aliphatic heterocycles. The molecule has 7 heteroatoms. The topological polar surface area (TPSA) is 71.7 Å². The molecule has 0 unspecified atom stereocenters. The second kappa shape index (κ2) is 7.76. The number of hydrogen-bond donors (Lipinski definition) is 0. The molecule has 0 N–H and O–H groups in total. The fourth-order valence-corrected chi connectivity index (χ4v) is 3.18. The molecule has 1 aromatic carbocycles. The molecule has 1 aliphatic rings. The molecule has 0 aliphatic carbocycles. The van der Waals surface area contributed by atoms with Gasteiger partial charge in [-0.05, 0) is 61.5 Å². The number of rotatable bonds is 5. The van der Waals surface area contributed by atoms with Gasteiger partial charge in [0.25, 0.3) is 17.7 Å². The maximum Gasteiger partial charge on any atom is 0.265 e. The molecule has 0 saturated carbocycles. The number of ether oxygens (including phenoxy) is 1. The Morgan fingerprint density at radius 3 is 2.42 bits per heavy atom. The van der Waals surface area contributed by atoms with Crippen LogP contribution in [0.2, 0.25) is 0 Å². The smallest absolute Gasteiger partial charge is 0.265 e. The van der Waals surface area contributed by atoms with E-state index in [9.17, 15) is 4.79 Å². The minimum Gasteiger partial charge on any atom is -0.483 e. The molecule has 1 fully saturated rings. The third-order valence-electron chi connectivity index (χ3n) is 4.57. The number of piperidine rings is 1. The van der Waals surface area contributed by atoms with Crippen LogP contribution in [0.1, 0.15) is 30.4 Å². The zero-order valence-corrected chi connectivity index (χ0v) is 15.9. The summed E-state index contributed by atoms with van der Waals surface area (Å²) in [5.41, 5.74) is 2.72. The van der Waals surface area contributed by atoms with Gasteiger partial charge in [0.05, 0.1) is 0 Å². The Morgan fingerprint density at radius 1 is 1.19 bits per heavy atom. The van der Waals surface area contributed by atoms with E-state index in [1.807, 2.05) is 45.0 Å². The number of carbonyl (C=O) groups excluding carboxylic acids is 1. The van der Waals surface area contributed by atoms with Crippen LogP contribution in [-0.4, -0.2) is 54.7 Å². The zero-order chi connectivity index (χ0) is 18.7. The fourth-order valence-electron chi connectivity index (χ4n) is 3.18. The molecule has 2 heterocycles. The Kier molecular flexibility index (Phi) is 5.44. The van der Waals surface area contributed by atoms with E-state index in [1.54, 1.807) is 4.90 Å². The summed E-state index contributed by atoms with van der Waals surface area (Å²) in [6.45, 7) is 5.67. The van der Waals surface area contributed by atoms with E-state index in [2.05, 4.69) is 10.1 Å². The molecular formula is C19H26N4O3. The van der Waals surface area contributed by atoms with E-state index in [4.69, 9.17) is 9.26 Å². The third kappa shape index (κ3) is 3.98. The van der Waals surface area contributed by atoms with Crippen molar-refractivity contribution in [2.24, 2.45) is 0 Å². The number of anilines is 1. The van der Waals surface area contributed by atoms with Gasteiger partial charge in [0.15, 0.2) is 6.61 Å². The van der Waals surface area contributed by atoms with Gasteiger partial charge in [-0.2, -0.15) is 4.98 Å². The van der Waals surface area contributed by atoms with Crippen molar-refractivity contribution in [2.45, 2.75) is 33.1 Å². The minimum atomic E-state index is 0.0557. The van der Waals surface area contributed by atoms with E-state index in [-0.39, 0.29) is 12.5 Å². The second-order valence-corrected chi connectivity index (χ2v) is 6.96. The summed E-state index contributed by atoms with van der Waals surface area (Å²) in [5, 5.41) is 3.94. The van der Waals surface area contributed by atoms with Crippen LogP contribution in [0.15, 0.2) is 16.7 Å². The molecule has 0 radical (unpaired) electrons. The van der Waals surface area contributed by atoms with Crippen LogP contribution in [-0.2, 0) is 4.79 Å². The molecule has 1 amide bonds. The number of benzene rings is 1. The number of hydrogen-bond acceptors (Lipinski definition) is 6. The highest BCUT2D eigenvalue weighted by Crippen LogP contribution is 2.30. The highest BCUT2D eigenvalue weighted by Gasteiger charge is 2.18. The first-order chi connectivity index (χ1) is 12.5. The van der Waals surface area contributed by atoms with Gasteiger partial charge in [-0.25, -0.2) is 0 Å². The minimum absolute atomic E-state index is 0.0557. The van der Waals surface area contributed by atoms with Crippen LogP contribution in [0.3, 0.4) is 0 Å². The summed E-state index contributed by atoms with van der Waals surface area (Å²) in [6, 6.07) is 3.89. The highest BCUT2D eigenvalue weighted by atomic mass is 16.5. The largest absolute Gasteiger partial charge is 0.483 e. The van der Waals surface area contributed by atoms with Crippen molar-refractivity contribution in [3.63, 3.8) is 0 Å². The molecule has 1 saturated heterocycles. The number of aryl methyl sites for hydroxylation is 2. The third-order valence-corrected chi connectivity index (χ3v) is 4.57. The van der Waals surface area contributed by atoms with E-state index in [0.29, 0.717) is 11.8 Å². The van der Waals surface area contributed by atoms with Crippen molar-refractivity contribution in [1.29, 1.82) is 0 Å². The Hall–Kier alpha value is -2.57. The number of nitrogens with zero attached hydrogens (tertiary/aromatic N) is 4. The monoisotopic (exact) mass is 358 g/mol. The molecule has 140 valence electrons. The zero-order valence-electron chi connectivity index (χ0n) is 15.9. The first-order valence-corrected chi connectivity index (χ1v) is 8.99. The summed E-state index contributed by atoms with van der Waals surface area (Å²) in [4.78, 5) is 20.4. The van der Waals surface area contributed by atoms with Crippen LogP contribution >= 0.6 is 0 Å². The Labute approximate surface area is 153 Å². The van der Waals surface area contributed by atoms with Gasteiger partial charge in [-0.3, -0.25) is 4.79 Å². The maximum absolute atomic E-state index is 12.3. The van der Waals surface area contributed by atoms with Crippen LogP contribution in [0.4, 0.5) is 5.95 Å². The van der Waals surface area contributed by atoms with Gasteiger partial charge in [0.2, 0.25) is 0 Å². The van der Waals surface area contributed by atoms with Gasteiger partial charge >= 0.3 is 0 Å². The fraction of sp³-hybridized carbons (Fsp3) is 0.526. The SMILES string of the molecule is Cc1cc(-c2nc(N(C)C)no2)cc(C)c1OCC(=O)N1CCCCC1. The lowest BCUT2D eigenvalue weighted by Crippen LogP contribution is -2.38. The Balaban J connectivity index is 1.71. The Bertz CT molecular complexity index is 756. The van der Waals surface area contributed by atoms with Gasteiger partial charge in [0, 0.05) is 32.7 Å². The molecule has 0 spiro atoms. The maximum atomic E-state index is 12.3. The van der Waals surface area contributed by atoms with Crippen molar-refractivity contribution in [3.05, 3.63) is 23.3 Å². The standard InChI is InChI=1S/C19H26N4O3/c1-13-10-15(18-20-19(21-26-18)22(3)4)11-14(2)17(13)25-12-16(24)23-8-6-5-7-9-23/h10-11H,5-9,12H2,1-4H3. The summed E-state index contributed by atoms with van der Waals surface area (Å²) in [5.74, 6) is 1.80. The highest BCUT2D eigenvalue weighted by molar-refractivity contribution is 5.78. The second-order valence-electron chi connectivity index (χ2n) is 6.96. The normalized spacial score (nSPS) is 14.4. The molecule has 0 bridgehead atoms. The van der Waals surface area contributed by atoms with E-state index in [0.717, 1.165) is 48.4 Å². The van der Waals surface area contributed by atoms with Crippen molar-refractivity contribution in [2.75, 3.05) is 38.7 Å². The van der Waals surface area contributed by atoms with Gasteiger partial charge in [0.1, 0.15) is 5.75 Å². The number of carbonyl (C=O) groups is 1. The van der Waals surface area contributed by atoms with Crippen molar-refractivity contribution in [3.8, 4) is 17.2 Å². The van der Waals surface area contributed by atoms with E-state index >= 15 is 0 Å². The lowest BCUT2D eigenvalue weighted by atomic mass is 10.1.